The molecule has 0 spiro atoms. The predicted octanol–water partition coefficient (Wildman–Crippen LogP) is 2.91. The molecule has 1 aliphatic rings. The Morgan fingerprint density at radius 1 is 1.00 bits per heavy atom. The fourth-order valence-corrected chi connectivity index (χ4v) is 4.77. The Kier molecular flexibility index (Phi) is 6.16. The van der Waals surface area contributed by atoms with Crippen LogP contribution in [0.4, 0.5) is 0 Å². The van der Waals surface area contributed by atoms with Gasteiger partial charge in [-0.2, -0.15) is 4.31 Å². The van der Waals surface area contributed by atoms with Gasteiger partial charge in [0.1, 0.15) is 5.75 Å². The number of ketones is 1. The minimum Gasteiger partial charge on any atom is -0.423 e. The Labute approximate surface area is 170 Å². The lowest BCUT2D eigenvalue weighted by molar-refractivity contribution is -0.0440. The first-order chi connectivity index (χ1) is 13.7. The van der Waals surface area contributed by atoms with E-state index < -0.39 is 16.0 Å². The van der Waals surface area contributed by atoms with Crippen molar-refractivity contribution in [2.24, 2.45) is 0 Å². The lowest BCUT2D eigenvalue weighted by Gasteiger charge is -2.34. The molecule has 0 aliphatic carbocycles. The zero-order chi connectivity index (χ0) is 21.2. The second-order valence-electron chi connectivity index (χ2n) is 7.08. The second kappa shape index (κ2) is 8.44. The number of nitrogens with zero attached hydrogens (tertiary/aromatic N) is 1. The number of ether oxygens (including phenoxy) is 2. The van der Waals surface area contributed by atoms with E-state index in [0.717, 1.165) is 0 Å². The Morgan fingerprint density at radius 3 is 2.21 bits per heavy atom. The highest BCUT2D eigenvalue weighted by atomic mass is 32.2. The van der Waals surface area contributed by atoms with Crippen molar-refractivity contribution in [1.82, 2.24) is 4.31 Å². The van der Waals surface area contributed by atoms with Crippen molar-refractivity contribution in [3.05, 3.63) is 59.7 Å². The van der Waals surface area contributed by atoms with E-state index in [4.69, 9.17) is 9.47 Å². The lowest BCUT2D eigenvalue weighted by Crippen LogP contribution is -2.48. The van der Waals surface area contributed by atoms with Gasteiger partial charge in [0.2, 0.25) is 10.0 Å². The standard InChI is InChI=1S/C21H23NO6S/c1-14-12-22(13-15(2)27-14)29(25,26)20-9-7-17(8-10-20)21(24)28-19-6-4-5-18(11-19)16(3)23/h4-11,14-15H,12-13H2,1-3H3/t14-,15-/m1/s1. The second-order valence-corrected chi connectivity index (χ2v) is 9.02. The number of esters is 1. The molecule has 3 rings (SSSR count). The zero-order valence-corrected chi connectivity index (χ0v) is 17.3. The number of morpholine rings is 1. The number of hydrogen-bond acceptors (Lipinski definition) is 6. The summed E-state index contributed by atoms with van der Waals surface area (Å²) < 4.78 is 38.0. The van der Waals surface area contributed by atoms with Crippen LogP contribution in [0.5, 0.6) is 5.75 Å². The van der Waals surface area contributed by atoms with Gasteiger partial charge in [-0.25, -0.2) is 13.2 Å². The number of carbonyl (C=O) groups excluding carboxylic acids is 2. The van der Waals surface area contributed by atoms with Crippen LogP contribution in [-0.4, -0.2) is 49.8 Å². The number of Topliss-reactive ketones (excluding diaryl/α,β-unsaturated/α-hetero) is 1. The topological polar surface area (TPSA) is 90.0 Å². The molecular formula is C21H23NO6S. The first-order valence-electron chi connectivity index (χ1n) is 9.25. The maximum absolute atomic E-state index is 12.9. The third kappa shape index (κ3) is 4.90. The van der Waals surface area contributed by atoms with E-state index in [0.29, 0.717) is 5.56 Å². The van der Waals surface area contributed by atoms with Gasteiger partial charge in [0.25, 0.3) is 0 Å². The highest BCUT2D eigenvalue weighted by Crippen LogP contribution is 2.22. The molecule has 0 unspecified atom stereocenters. The van der Waals surface area contributed by atoms with Crippen molar-refractivity contribution >= 4 is 21.8 Å². The van der Waals surface area contributed by atoms with Crippen LogP contribution in [0.3, 0.4) is 0 Å². The highest BCUT2D eigenvalue weighted by Gasteiger charge is 2.32. The van der Waals surface area contributed by atoms with Crippen LogP contribution in [0.2, 0.25) is 0 Å². The summed E-state index contributed by atoms with van der Waals surface area (Å²) in [5.74, 6) is -0.525. The van der Waals surface area contributed by atoms with Crippen LogP contribution >= 0.6 is 0 Å². The average molecular weight is 417 g/mol. The van der Waals surface area contributed by atoms with Crippen LogP contribution in [0, 0.1) is 0 Å². The molecule has 0 aromatic heterocycles. The number of benzene rings is 2. The maximum Gasteiger partial charge on any atom is 0.343 e. The summed E-state index contributed by atoms with van der Waals surface area (Å²) >= 11 is 0. The molecule has 0 amide bonds. The highest BCUT2D eigenvalue weighted by molar-refractivity contribution is 7.89. The van der Waals surface area contributed by atoms with Gasteiger partial charge in [-0.3, -0.25) is 4.79 Å². The molecule has 1 heterocycles. The van der Waals surface area contributed by atoms with E-state index >= 15 is 0 Å². The molecule has 2 atom stereocenters. The van der Waals surface area contributed by atoms with E-state index in [9.17, 15) is 18.0 Å². The van der Waals surface area contributed by atoms with E-state index in [2.05, 4.69) is 0 Å². The Hall–Kier alpha value is -2.55. The first kappa shape index (κ1) is 21.2. The van der Waals surface area contributed by atoms with Gasteiger partial charge in [-0.1, -0.05) is 12.1 Å². The van der Waals surface area contributed by atoms with Gasteiger partial charge in [-0.15, -0.1) is 0 Å². The summed E-state index contributed by atoms with van der Waals surface area (Å²) in [6, 6.07) is 11.9. The van der Waals surface area contributed by atoms with Gasteiger partial charge in [0, 0.05) is 18.7 Å². The lowest BCUT2D eigenvalue weighted by atomic mass is 10.1. The molecule has 1 fully saturated rings. The van der Waals surface area contributed by atoms with Crippen LogP contribution in [-0.2, 0) is 14.8 Å². The molecule has 2 aromatic rings. The molecule has 29 heavy (non-hydrogen) atoms. The summed E-state index contributed by atoms with van der Waals surface area (Å²) in [5.41, 5.74) is 0.645. The molecule has 0 bridgehead atoms. The molecule has 1 saturated heterocycles. The monoisotopic (exact) mass is 417 g/mol. The van der Waals surface area contributed by atoms with Crippen molar-refractivity contribution in [3.8, 4) is 5.75 Å². The number of hydrogen-bond donors (Lipinski definition) is 0. The zero-order valence-electron chi connectivity index (χ0n) is 16.5. The summed E-state index contributed by atoms with van der Waals surface area (Å²) in [5, 5.41) is 0. The van der Waals surface area contributed by atoms with E-state index in [-0.39, 0.29) is 47.3 Å². The molecule has 0 N–H and O–H groups in total. The van der Waals surface area contributed by atoms with Crippen LogP contribution in [0.1, 0.15) is 41.5 Å². The molecule has 2 aromatic carbocycles. The molecular weight excluding hydrogens is 394 g/mol. The molecule has 8 heteroatoms. The van der Waals surface area contributed by atoms with Crippen LogP contribution in [0.15, 0.2) is 53.4 Å². The molecule has 7 nitrogen and oxygen atoms in total. The van der Waals surface area contributed by atoms with Crippen molar-refractivity contribution in [3.63, 3.8) is 0 Å². The van der Waals surface area contributed by atoms with Crippen molar-refractivity contribution < 1.29 is 27.5 Å². The van der Waals surface area contributed by atoms with E-state index in [1.165, 1.54) is 41.6 Å². The summed E-state index contributed by atoms with van der Waals surface area (Å²) in [4.78, 5) is 23.9. The SMILES string of the molecule is CC(=O)c1cccc(OC(=O)c2ccc(S(=O)(=O)N3C[C@@H](C)O[C@H](C)C3)cc2)c1. The van der Waals surface area contributed by atoms with Crippen molar-refractivity contribution in [1.29, 1.82) is 0 Å². The van der Waals surface area contributed by atoms with Crippen molar-refractivity contribution in [2.45, 2.75) is 37.9 Å². The van der Waals surface area contributed by atoms with Gasteiger partial charge in [0.05, 0.1) is 22.7 Å². The van der Waals surface area contributed by atoms with Crippen molar-refractivity contribution in [2.75, 3.05) is 13.1 Å². The molecule has 154 valence electrons. The Bertz CT molecular complexity index is 1010. The number of rotatable bonds is 5. The van der Waals surface area contributed by atoms with Gasteiger partial charge >= 0.3 is 5.97 Å². The van der Waals surface area contributed by atoms with E-state index in [1.54, 1.807) is 18.2 Å². The van der Waals surface area contributed by atoms with Gasteiger partial charge in [0.15, 0.2) is 5.78 Å². The Balaban J connectivity index is 1.75. The maximum atomic E-state index is 12.9. The fraction of sp³-hybridized carbons (Fsp3) is 0.333. The normalized spacial score (nSPS) is 20.2. The molecule has 0 saturated carbocycles. The smallest absolute Gasteiger partial charge is 0.343 e. The number of sulfonamides is 1. The van der Waals surface area contributed by atoms with E-state index in [1.807, 2.05) is 13.8 Å². The molecule has 0 radical (unpaired) electrons. The predicted molar refractivity (Wildman–Crippen MR) is 107 cm³/mol. The third-order valence-electron chi connectivity index (χ3n) is 4.57. The van der Waals surface area contributed by atoms with Gasteiger partial charge < -0.3 is 9.47 Å². The van der Waals surface area contributed by atoms with Crippen LogP contribution < -0.4 is 4.74 Å². The first-order valence-corrected chi connectivity index (χ1v) is 10.7. The summed E-state index contributed by atoms with van der Waals surface area (Å²) in [6.45, 7) is 5.65. The largest absolute Gasteiger partial charge is 0.423 e. The fourth-order valence-electron chi connectivity index (χ4n) is 3.18. The Morgan fingerprint density at radius 2 is 1.62 bits per heavy atom. The minimum atomic E-state index is -3.68. The minimum absolute atomic E-state index is 0.105. The summed E-state index contributed by atoms with van der Waals surface area (Å²) in [7, 11) is -3.68. The third-order valence-corrected chi connectivity index (χ3v) is 6.41. The summed E-state index contributed by atoms with van der Waals surface area (Å²) in [6.07, 6.45) is -0.373. The molecule has 1 aliphatic heterocycles. The van der Waals surface area contributed by atoms with Gasteiger partial charge in [-0.05, 0) is 57.2 Å². The number of carbonyl (C=O) groups is 2. The average Bonchev–Trinajstić information content (AvgIpc) is 2.67. The quantitative estimate of drug-likeness (QED) is 0.422. The van der Waals surface area contributed by atoms with Crippen LogP contribution in [0.25, 0.3) is 0 Å².